The van der Waals surface area contributed by atoms with E-state index in [1.54, 1.807) is 6.20 Å². The predicted molar refractivity (Wildman–Crippen MR) is 89.7 cm³/mol. The maximum atomic E-state index is 11.9. The molecule has 1 amide bonds. The lowest BCUT2D eigenvalue weighted by atomic mass is 9.94. The Morgan fingerprint density at radius 3 is 2.83 bits per heavy atom. The third-order valence-electron chi connectivity index (χ3n) is 4.05. The summed E-state index contributed by atoms with van der Waals surface area (Å²) in [5.41, 5.74) is 2.67. The molecule has 1 atom stereocenters. The number of hydrogen-bond donors (Lipinski definition) is 2. The van der Waals surface area contributed by atoms with Crippen molar-refractivity contribution in [3.63, 3.8) is 0 Å². The molecule has 1 aromatic carbocycles. The Hall–Kier alpha value is -2.30. The van der Waals surface area contributed by atoms with Crippen LogP contribution in [0.4, 0.5) is 5.69 Å². The van der Waals surface area contributed by atoms with E-state index in [4.69, 9.17) is 4.42 Å². The number of oxazole rings is 1. The zero-order valence-electron chi connectivity index (χ0n) is 14.1. The van der Waals surface area contributed by atoms with Gasteiger partial charge in [0.15, 0.2) is 0 Å². The lowest BCUT2D eigenvalue weighted by Gasteiger charge is -2.19. The minimum atomic E-state index is -0.0733. The second kappa shape index (κ2) is 5.72. The van der Waals surface area contributed by atoms with Gasteiger partial charge in [-0.1, -0.05) is 26.8 Å². The summed E-state index contributed by atoms with van der Waals surface area (Å²) in [6, 6.07) is 5.84. The first-order valence-corrected chi connectivity index (χ1v) is 7.98. The normalized spacial score (nSPS) is 15.7. The van der Waals surface area contributed by atoms with E-state index in [9.17, 15) is 4.79 Å². The minimum Gasteiger partial charge on any atom is -0.443 e. The van der Waals surface area contributed by atoms with Crippen molar-refractivity contribution in [3.05, 3.63) is 47.2 Å². The van der Waals surface area contributed by atoms with Gasteiger partial charge in [0.05, 0.1) is 6.20 Å². The van der Waals surface area contributed by atoms with E-state index < -0.39 is 0 Å². The summed E-state index contributed by atoms with van der Waals surface area (Å²) < 4.78 is 5.86. The van der Waals surface area contributed by atoms with Gasteiger partial charge in [0, 0.05) is 23.2 Å². The van der Waals surface area contributed by atoms with Crippen LogP contribution in [-0.2, 0) is 11.8 Å². The van der Waals surface area contributed by atoms with Crippen LogP contribution < -0.4 is 10.6 Å². The van der Waals surface area contributed by atoms with Crippen LogP contribution in [0.15, 0.2) is 28.8 Å². The number of aromatic nitrogens is 1. The highest BCUT2D eigenvalue weighted by atomic mass is 16.4. The number of amides is 1. The molecule has 23 heavy (non-hydrogen) atoms. The van der Waals surface area contributed by atoms with Gasteiger partial charge in [0.25, 0.3) is 5.91 Å². The van der Waals surface area contributed by atoms with Gasteiger partial charge in [0.2, 0.25) is 5.89 Å². The molecule has 2 heterocycles. The molecule has 2 N–H and O–H groups in total. The number of rotatable bonds is 3. The van der Waals surface area contributed by atoms with Crippen molar-refractivity contribution in [1.29, 1.82) is 0 Å². The summed E-state index contributed by atoms with van der Waals surface area (Å²) in [7, 11) is 0. The smallest absolute Gasteiger partial charge is 0.251 e. The van der Waals surface area contributed by atoms with Gasteiger partial charge in [-0.2, -0.15) is 0 Å². The van der Waals surface area contributed by atoms with Crippen molar-refractivity contribution in [2.75, 3.05) is 11.9 Å². The average Bonchev–Trinajstić information content (AvgIpc) is 2.98. The molecule has 1 aromatic heterocycles. The molecule has 122 valence electrons. The van der Waals surface area contributed by atoms with Crippen molar-refractivity contribution < 1.29 is 9.21 Å². The minimum absolute atomic E-state index is 0.00584. The van der Waals surface area contributed by atoms with Gasteiger partial charge < -0.3 is 15.1 Å². The van der Waals surface area contributed by atoms with Crippen LogP contribution in [0.5, 0.6) is 0 Å². The summed E-state index contributed by atoms with van der Waals surface area (Å²) in [6.45, 7) is 8.99. The molecule has 0 bridgehead atoms. The fraction of sp³-hybridized carbons (Fsp3) is 0.444. The van der Waals surface area contributed by atoms with Gasteiger partial charge in [0.1, 0.15) is 11.8 Å². The number of carbonyl (C=O) groups excluding carboxylic acids is 1. The van der Waals surface area contributed by atoms with Crippen LogP contribution in [0.2, 0.25) is 0 Å². The Kier molecular flexibility index (Phi) is 3.88. The van der Waals surface area contributed by atoms with E-state index in [1.807, 2.05) is 25.1 Å². The Labute approximate surface area is 136 Å². The molecule has 1 aliphatic rings. The van der Waals surface area contributed by atoms with Crippen LogP contribution >= 0.6 is 0 Å². The third-order valence-corrected chi connectivity index (χ3v) is 4.05. The van der Waals surface area contributed by atoms with E-state index in [1.165, 1.54) is 0 Å². The van der Waals surface area contributed by atoms with Crippen LogP contribution in [0.3, 0.4) is 0 Å². The molecule has 1 aliphatic heterocycles. The Bertz CT molecular complexity index is 728. The van der Waals surface area contributed by atoms with E-state index in [-0.39, 0.29) is 17.4 Å². The summed E-state index contributed by atoms with van der Waals surface area (Å²) in [5.74, 6) is 1.51. The van der Waals surface area contributed by atoms with Crippen molar-refractivity contribution in [2.24, 2.45) is 0 Å². The Morgan fingerprint density at radius 1 is 1.35 bits per heavy atom. The highest BCUT2D eigenvalue weighted by Crippen LogP contribution is 2.27. The van der Waals surface area contributed by atoms with Crippen molar-refractivity contribution in [1.82, 2.24) is 10.3 Å². The number of fused-ring (bicyclic) bond motifs is 1. The standard InChI is InChI=1S/C18H23N3O2/c1-11(17-20-10-15(23-17)18(2,3)4)21-13-6-5-12-7-8-19-16(22)14(12)9-13/h5-6,9-11,21H,7-8H2,1-4H3,(H,19,22). The van der Waals surface area contributed by atoms with Crippen LogP contribution in [0, 0.1) is 0 Å². The maximum Gasteiger partial charge on any atom is 0.251 e. The number of anilines is 1. The Balaban J connectivity index is 1.78. The SMILES string of the molecule is CC(Nc1ccc2c(c1)C(=O)NCC2)c1ncc(C(C)(C)C)o1. The number of nitrogens with zero attached hydrogens (tertiary/aromatic N) is 1. The highest BCUT2D eigenvalue weighted by Gasteiger charge is 2.22. The molecule has 2 aromatic rings. The van der Waals surface area contributed by atoms with Crippen LogP contribution in [0.25, 0.3) is 0 Å². The number of benzene rings is 1. The highest BCUT2D eigenvalue weighted by molar-refractivity contribution is 5.97. The second-order valence-corrected chi connectivity index (χ2v) is 7.06. The molecular formula is C18H23N3O2. The zero-order chi connectivity index (χ0) is 16.6. The van der Waals surface area contributed by atoms with E-state index in [0.717, 1.165) is 29.0 Å². The summed E-state index contributed by atoms with van der Waals surface area (Å²) >= 11 is 0. The monoisotopic (exact) mass is 313 g/mol. The topological polar surface area (TPSA) is 67.2 Å². The third kappa shape index (κ3) is 3.23. The molecule has 5 nitrogen and oxygen atoms in total. The molecule has 0 fully saturated rings. The lowest BCUT2D eigenvalue weighted by Crippen LogP contribution is -2.31. The van der Waals surface area contributed by atoms with Crippen molar-refractivity contribution in [2.45, 2.75) is 45.6 Å². The largest absolute Gasteiger partial charge is 0.443 e. The molecule has 0 spiro atoms. The first kappa shape index (κ1) is 15.6. The molecule has 3 rings (SSSR count). The summed E-state index contributed by atoms with van der Waals surface area (Å²) in [5, 5.41) is 6.23. The van der Waals surface area contributed by atoms with Crippen LogP contribution in [0.1, 0.15) is 61.3 Å². The maximum absolute atomic E-state index is 11.9. The summed E-state index contributed by atoms with van der Waals surface area (Å²) in [4.78, 5) is 16.3. The Morgan fingerprint density at radius 2 is 2.13 bits per heavy atom. The zero-order valence-corrected chi connectivity index (χ0v) is 14.1. The molecule has 0 radical (unpaired) electrons. The molecule has 0 saturated carbocycles. The van der Waals surface area contributed by atoms with Gasteiger partial charge >= 0.3 is 0 Å². The van der Waals surface area contributed by atoms with Crippen molar-refractivity contribution >= 4 is 11.6 Å². The lowest BCUT2D eigenvalue weighted by molar-refractivity contribution is 0.0946. The summed E-state index contributed by atoms with van der Waals surface area (Å²) in [6.07, 6.45) is 2.67. The van der Waals surface area contributed by atoms with Gasteiger partial charge in [-0.15, -0.1) is 0 Å². The molecular weight excluding hydrogens is 290 g/mol. The van der Waals surface area contributed by atoms with E-state index >= 15 is 0 Å². The van der Waals surface area contributed by atoms with E-state index in [2.05, 4.69) is 36.4 Å². The molecule has 0 saturated heterocycles. The van der Waals surface area contributed by atoms with Crippen LogP contribution in [-0.4, -0.2) is 17.4 Å². The number of hydrogen-bond acceptors (Lipinski definition) is 4. The number of nitrogens with one attached hydrogen (secondary N) is 2. The first-order chi connectivity index (χ1) is 10.8. The van der Waals surface area contributed by atoms with Gasteiger partial charge in [-0.25, -0.2) is 4.98 Å². The fourth-order valence-corrected chi connectivity index (χ4v) is 2.65. The van der Waals surface area contributed by atoms with Gasteiger partial charge in [-0.05, 0) is 31.0 Å². The number of carbonyl (C=O) groups is 1. The first-order valence-electron chi connectivity index (χ1n) is 7.98. The molecule has 5 heteroatoms. The van der Waals surface area contributed by atoms with Gasteiger partial charge in [-0.3, -0.25) is 4.79 Å². The van der Waals surface area contributed by atoms with Crippen molar-refractivity contribution in [3.8, 4) is 0 Å². The molecule has 1 unspecified atom stereocenters. The quantitative estimate of drug-likeness (QED) is 0.911. The average molecular weight is 313 g/mol. The fourth-order valence-electron chi connectivity index (χ4n) is 2.65. The molecule has 0 aliphatic carbocycles. The second-order valence-electron chi connectivity index (χ2n) is 7.06. The predicted octanol–water partition coefficient (Wildman–Crippen LogP) is 3.43. The van der Waals surface area contributed by atoms with E-state index in [0.29, 0.717) is 12.4 Å².